The maximum absolute atomic E-state index is 13.3. The quantitative estimate of drug-likeness (QED) is 0.731. The number of hydrogen-bond donors (Lipinski definition) is 2. The summed E-state index contributed by atoms with van der Waals surface area (Å²) in [5.74, 6) is 7.25. The van der Waals surface area contributed by atoms with E-state index in [2.05, 4.69) is 17.2 Å². The zero-order chi connectivity index (χ0) is 21.0. The number of nitrogens with zero attached hydrogens (tertiary/aromatic N) is 1. The molecule has 0 saturated heterocycles. The van der Waals surface area contributed by atoms with E-state index in [4.69, 9.17) is 4.74 Å². The fourth-order valence-electron chi connectivity index (χ4n) is 4.00. The van der Waals surface area contributed by atoms with Gasteiger partial charge in [0.2, 0.25) is 10.0 Å². The molecule has 1 aliphatic carbocycles. The molecule has 3 rings (SSSR count). The predicted octanol–water partition coefficient (Wildman–Crippen LogP) is 2.22. The maximum Gasteiger partial charge on any atom is 0.247 e. The Hall–Kier alpha value is -1.59. The van der Waals surface area contributed by atoms with E-state index in [1.165, 1.54) is 17.1 Å². The third-order valence-corrected chi connectivity index (χ3v) is 7.87. The molecular weight excluding hydrogens is 388 g/mol. The van der Waals surface area contributed by atoms with Crippen molar-refractivity contribution in [1.82, 2.24) is 9.62 Å². The Bertz CT molecular complexity index is 869. The molecular formula is C22H32N2O4S. The molecule has 0 amide bonds. The number of rotatable bonds is 4. The highest BCUT2D eigenvalue weighted by molar-refractivity contribution is 7.89. The lowest BCUT2D eigenvalue weighted by molar-refractivity contribution is 0.103. The Morgan fingerprint density at radius 1 is 1.34 bits per heavy atom. The molecule has 0 unspecified atom stereocenters. The summed E-state index contributed by atoms with van der Waals surface area (Å²) in [7, 11) is -1.94. The van der Waals surface area contributed by atoms with Crippen molar-refractivity contribution >= 4 is 10.0 Å². The summed E-state index contributed by atoms with van der Waals surface area (Å²) in [6.45, 7) is 4.35. The number of nitrogens with one attached hydrogen (secondary N) is 1. The van der Waals surface area contributed by atoms with E-state index in [-0.39, 0.29) is 23.5 Å². The van der Waals surface area contributed by atoms with Gasteiger partial charge in [-0.3, -0.25) is 0 Å². The minimum atomic E-state index is -3.79. The number of sulfonamides is 1. The summed E-state index contributed by atoms with van der Waals surface area (Å²) in [4.78, 5) is 0.136. The van der Waals surface area contributed by atoms with Gasteiger partial charge in [0.15, 0.2) is 0 Å². The number of aliphatic hydroxyl groups excluding tert-OH is 1. The zero-order valence-corrected chi connectivity index (χ0v) is 18.3. The lowest BCUT2D eigenvalue weighted by Crippen LogP contribution is -2.49. The molecule has 2 aliphatic rings. The average Bonchev–Trinajstić information content (AvgIpc) is 3.22. The fraction of sp³-hybridized carbons (Fsp3) is 0.636. The van der Waals surface area contributed by atoms with Crippen LogP contribution in [0.25, 0.3) is 0 Å². The third-order valence-electron chi connectivity index (χ3n) is 5.85. The molecule has 1 aromatic carbocycles. The van der Waals surface area contributed by atoms with Crippen LogP contribution in [0.3, 0.4) is 0 Å². The van der Waals surface area contributed by atoms with Crippen molar-refractivity contribution in [2.45, 2.75) is 56.6 Å². The summed E-state index contributed by atoms with van der Waals surface area (Å²) in [5.41, 5.74) is 0.768. The molecule has 1 saturated carbocycles. The molecule has 7 heteroatoms. The number of hydrogen-bond acceptors (Lipinski definition) is 5. The maximum atomic E-state index is 13.3. The molecule has 0 bridgehead atoms. The molecule has 6 nitrogen and oxygen atoms in total. The lowest BCUT2D eigenvalue weighted by atomic mass is 10.0. The molecule has 0 aromatic heterocycles. The highest BCUT2D eigenvalue weighted by atomic mass is 32.2. The van der Waals surface area contributed by atoms with Crippen LogP contribution in [-0.4, -0.2) is 56.7 Å². The number of aliphatic hydroxyl groups is 1. The predicted molar refractivity (Wildman–Crippen MR) is 113 cm³/mol. The first-order chi connectivity index (χ1) is 13.9. The minimum Gasteiger partial charge on any atom is -0.487 e. The highest BCUT2D eigenvalue weighted by Crippen LogP contribution is 2.34. The van der Waals surface area contributed by atoms with E-state index in [9.17, 15) is 13.5 Å². The standard InChI is InChI=1S/C22H32N2O4S/c1-16-14-24(17(2)15-25)29(26,27)22-11-10-19(9-8-18-6-4-5-7-18)12-20(22)28-21(16)13-23-3/h10-12,16-18,21,23,25H,4-7,13-15H2,1-3H3/t16-,17+,21-/m1/s1. The van der Waals surface area contributed by atoms with Crippen molar-refractivity contribution in [1.29, 1.82) is 0 Å². The average molecular weight is 421 g/mol. The Balaban J connectivity index is 2.03. The molecule has 0 spiro atoms. The Kier molecular flexibility index (Phi) is 7.23. The van der Waals surface area contributed by atoms with E-state index >= 15 is 0 Å². The Labute approximate surface area is 174 Å². The van der Waals surface area contributed by atoms with Gasteiger partial charge in [-0.15, -0.1) is 0 Å². The van der Waals surface area contributed by atoms with Crippen molar-refractivity contribution in [3.8, 4) is 17.6 Å². The topological polar surface area (TPSA) is 78.9 Å². The van der Waals surface area contributed by atoms with Crippen LogP contribution in [0, 0.1) is 23.7 Å². The first-order valence-corrected chi connectivity index (χ1v) is 11.9. The van der Waals surface area contributed by atoms with Crippen molar-refractivity contribution in [2.24, 2.45) is 11.8 Å². The monoisotopic (exact) mass is 420 g/mol. The van der Waals surface area contributed by atoms with E-state index in [0.717, 1.165) is 18.4 Å². The highest BCUT2D eigenvalue weighted by Gasteiger charge is 2.37. The molecule has 29 heavy (non-hydrogen) atoms. The smallest absolute Gasteiger partial charge is 0.247 e. The first-order valence-electron chi connectivity index (χ1n) is 10.5. The number of fused-ring (bicyclic) bond motifs is 1. The largest absolute Gasteiger partial charge is 0.487 e. The van der Waals surface area contributed by atoms with Crippen LogP contribution in [0.5, 0.6) is 5.75 Å². The van der Waals surface area contributed by atoms with E-state index in [0.29, 0.717) is 24.8 Å². The normalized spacial score (nSPS) is 25.8. The molecule has 1 fully saturated rings. The number of likely N-dealkylation sites (N-methyl/N-ethyl adjacent to an activating group) is 1. The van der Waals surface area contributed by atoms with Crippen LogP contribution in [-0.2, 0) is 10.0 Å². The van der Waals surface area contributed by atoms with E-state index in [1.54, 1.807) is 25.1 Å². The minimum absolute atomic E-state index is 0.0485. The first kappa shape index (κ1) is 22.1. The van der Waals surface area contributed by atoms with Crippen molar-refractivity contribution in [3.05, 3.63) is 23.8 Å². The van der Waals surface area contributed by atoms with Gasteiger partial charge in [-0.05, 0) is 45.0 Å². The van der Waals surface area contributed by atoms with Gasteiger partial charge in [0, 0.05) is 36.5 Å². The fourth-order valence-corrected chi connectivity index (χ4v) is 5.83. The molecule has 1 aliphatic heterocycles. The lowest BCUT2D eigenvalue weighted by Gasteiger charge is -2.36. The van der Waals surface area contributed by atoms with Crippen LogP contribution in [0.2, 0.25) is 0 Å². The van der Waals surface area contributed by atoms with E-state index < -0.39 is 16.1 Å². The Morgan fingerprint density at radius 3 is 2.72 bits per heavy atom. The van der Waals surface area contributed by atoms with Crippen LogP contribution in [0.4, 0.5) is 0 Å². The van der Waals surface area contributed by atoms with Crippen LogP contribution in [0.15, 0.2) is 23.1 Å². The molecule has 1 heterocycles. The second-order valence-electron chi connectivity index (χ2n) is 8.21. The van der Waals surface area contributed by atoms with Gasteiger partial charge in [0.05, 0.1) is 6.61 Å². The van der Waals surface area contributed by atoms with Gasteiger partial charge >= 0.3 is 0 Å². The Morgan fingerprint density at radius 2 is 2.07 bits per heavy atom. The molecule has 0 radical (unpaired) electrons. The second kappa shape index (κ2) is 9.48. The molecule has 1 aromatic rings. The molecule has 2 N–H and O–H groups in total. The van der Waals surface area contributed by atoms with Gasteiger partial charge in [0.25, 0.3) is 0 Å². The summed E-state index contributed by atoms with van der Waals surface area (Å²) in [5, 5.41) is 12.8. The third kappa shape index (κ3) is 4.95. The number of ether oxygens (including phenoxy) is 1. The van der Waals surface area contributed by atoms with Crippen LogP contribution in [0.1, 0.15) is 45.1 Å². The van der Waals surface area contributed by atoms with Gasteiger partial charge in [-0.25, -0.2) is 8.42 Å². The summed E-state index contributed by atoms with van der Waals surface area (Å²) >= 11 is 0. The van der Waals surface area contributed by atoms with Crippen molar-refractivity contribution in [2.75, 3.05) is 26.7 Å². The summed E-state index contributed by atoms with van der Waals surface area (Å²) in [6, 6.07) is 4.58. The van der Waals surface area contributed by atoms with Crippen molar-refractivity contribution < 1.29 is 18.3 Å². The van der Waals surface area contributed by atoms with E-state index in [1.807, 2.05) is 14.0 Å². The van der Waals surface area contributed by atoms with Crippen LogP contribution >= 0.6 is 0 Å². The molecule has 160 valence electrons. The number of benzene rings is 1. The van der Waals surface area contributed by atoms with Crippen LogP contribution < -0.4 is 10.1 Å². The summed E-state index contributed by atoms with van der Waals surface area (Å²) in [6.07, 6.45) is 4.54. The zero-order valence-electron chi connectivity index (χ0n) is 17.5. The van der Waals surface area contributed by atoms with Crippen molar-refractivity contribution in [3.63, 3.8) is 0 Å². The van der Waals surface area contributed by atoms with Gasteiger partial charge in [-0.1, -0.05) is 31.6 Å². The second-order valence-corrected chi connectivity index (χ2v) is 10.1. The molecule has 3 atom stereocenters. The summed E-state index contributed by atoms with van der Waals surface area (Å²) < 4.78 is 34.3. The SMILES string of the molecule is CNC[C@H]1Oc2cc(C#CC3CCCC3)ccc2S(=O)(=O)N([C@@H](C)CO)C[C@H]1C. The van der Waals surface area contributed by atoms with Gasteiger partial charge in [-0.2, -0.15) is 4.31 Å². The van der Waals surface area contributed by atoms with Gasteiger partial charge < -0.3 is 15.2 Å². The van der Waals surface area contributed by atoms with Gasteiger partial charge in [0.1, 0.15) is 16.7 Å².